The van der Waals surface area contributed by atoms with Gasteiger partial charge in [-0.1, -0.05) is 48.5 Å². The van der Waals surface area contributed by atoms with Crippen LogP contribution in [0, 0.1) is 0 Å². The Bertz CT molecular complexity index is 1130. The lowest BCUT2D eigenvalue weighted by atomic mass is 9.95. The van der Waals surface area contributed by atoms with Gasteiger partial charge in [-0.15, -0.1) is 0 Å². The Balaban J connectivity index is 1.94. The Morgan fingerprint density at radius 1 is 0.889 bits per heavy atom. The van der Waals surface area contributed by atoms with Gasteiger partial charge in [0.15, 0.2) is 11.5 Å². The van der Waals surface area contributed by atoms with Crippen LogP contribution >= 0.6 is 0 Å². The van der Waals surface area contributed by atoms with Crippen LogP contribution in [0.5, 0.6) is 11.5 Å². The quantitative estimate of drug-likeness (QED) is 0.381. The Morgan fingerprint density at radius 3 is 2.08 bits per heavy atom. The molecule has 1 N–H and O–H groups in total. The molecule has 8 heteroatoms. The van der Waals surface area contributed by atoms with E-state index in [-0.39, 0.29) is 11.9 Å². The maximum Gasteiger partial charge on any atom is 0.416 e. The molecule has 2 atom stereocenters. The summed E-state index contributed by atoms with van der Waals surface area (Å²) in [5.41, 5.74) is 1.77. The highest BCUT2D eigenvalue weighted by Crippen LogP contribution is 2.34. The minimum atomic E-state index is -4.38. The fourth-order valence-electron chi connectivity index (χ4n) is 4.00. The van der Waals surface area contributed by atoms with Gasteiger partial charge in [-0.3, -0.25) is 10.1 Å². The van der Waals surface area contributed by atoms with Crippen LogP contribution in [-0.4, -0.2) is 39.1 Å². The highest BCUT2D eigenvalue weighted by atomic mass is 19.4. The number of ether oxygens (including phenoxy) is 2. The van der Waals surface area contributed by atoms with Crippen LogP contribution < -0.4 is 14.8 Å². The molecule has 0 fully saturated rings. The smallest absolute Gasteiger partial charge is 0.416 e. The minimum absolute atomic E-state index is 0.110. The SMILES string of the molecule is COc1ccc(C(CCc2ccc(C(F)(F)F)cc2)N[C@@H](C(=O)N(C)C)c2ccccc2)cc1OC. The molecule has 0 aliphatic carbocycles. The molecule has 1 unspecified atom stereocenters. The average Bonchev–Trinajstić information content (AvgIpc) is 2.88. The topological polar surface area (TPSA) is 50.8 Å². The largest absolute Gasteiger partial charge is 0.493 e. The summed E-state index contributed by atoms with van der Waals surface area (Å²) in [6.45, 7) is 0. The van der Waals surface area contributed by atoms with Crippen molar-refractivity contribution >= 4 is 5.91 Å². The van der Waals surface area contributed by atoms with Gasteiger partial charge in [-0.2, -0.15) is 13.2 Å². The van der Waals surface area contributed by atoms with Gasteiger partial charge in [0.2, 0.25) is 5.91 Å². The van der Waals surface area contributed by atoms with E-state index in [1.54, 1.807) is 34.4 Å². The Kier molecular flexibility index (Phi) is 8.98. The number of nitrogens with zero attached hydrogens (tertiary/aromatic N) is 1. The summed E-state index contributed by atoms with van der Waals surface area (Å²) in [6.07, 6.45) is -3.34. The van der Waals surface area contributed by atoms with Crippen LogP contribution in [-0.2, 0) is 17.4 Å². The Morgan fingerprint density at radius 2 is 1.53 bits per heavy atom. The van der Waals surface area contributed by atoms with Crippen molar-refractivity contribution in [2.75, 3.05) is 28.3 Å². The summed E-state index contributed by atoms with van der Waals surface area (Å²) in [5.74, 6) is 1.01. The van der Waals surface area contributed by atoms with Gasteiger partial charge in [0, 0.05) is 20.1 Å². The number of hydrogen-bond donors (Lipinski definition) is 1. The molecule has 0 heterocycles. The van der Waals surface area contributed by atoms with Crippen LogP contribution in [0.15, 0.2) is 72.8 Å². The molecule has 192 valence electrons. The number of alkyl halides is 3. The molecular formula is C28H31F3N2O3. The number of likely N-dealkylation sites (N-methyl/N-ethyl adjacent to an activating group) is 1. The number of nitrogens with one attached hydrogen (secondary N) is 1. The molecule has 0 radical (unpaired) electrons. The van der Waals surface area contributed by atoms with Gasteiger partial charge in [0.05, 0.1) is 19.8 Å². The van der Waals surface area contributed by atoms with E-state index >= 15 is 0 Å². The normalized spacial score (nSPS) is 13.1. The molecule has 5 nitrogen and oxygen atoms in total. The zero-order valence-electron chi connectivity index (χ0n) is 20.8. The first-order chi connectivity index (χ1) is 17.1. The highest BCUT2D eigenvalue weighted by molar-refractivity contribution is 5.83. The summed E-state index contributed by atoms with van der Waals surface area (Å²) in [6, 6.07) is 19.2. The first-order valence-corrected chi connectivity index (χ1v) is 11.5. The van der Waals surface area contributed by atoms with Crippen molar-refractivity contribution < 1.29 is 27.4 Å². The molecule has 1 amide bonds. The number of methoxy groups -OCH3 is 2. The Hall–Kier alpha value is -3.52. The van der Waals surface area contributed by atoms with E-state index in [1.165, 1.54) is 17.0 Å². The molecule has 3 aromatic carbocycles. The second-order valence-electron chi connectivity index (χ2n) is 8.64. The van der Waals surface area contributed by atoms with E-state index in [0.29, 0.717) is 24.3 Å². The number of carbonyl (C=O) groups is 1. The number of carbonyl (C=O) groups excluding carboxylic acids is 1. The molecule has 0 aliphatic heterocycles. The van der Waals surface area contributed by atoms with Crippen molar-refractivity contribution in [2.45, 2.75) is 31.1 Å². The van der Waals surface area contributed by atoms with Crippen LogP contribution in [0.3, 0.4) is 0 Å². The van der Waals surface area contributed by atoms with Crippen LogP contribution in [0.2, 0.25) is 0 Å². The van der Waals surface area contributed by atoms with Crippen LogP contribution in [0.25, 0.3) is 0 Å². The van der Waals surface area contributed by atoms with Gasteiger partial charge in [0.1, 0.15) is 6.04 Å². The summed E-state index contributed by atoms with van der Waals surface area (Å²) >= 11 is 0. The monoisotopic (exact) mass is 500 g/mol. The predicted molar refractivity (Wildman–Crippen MR) is 133 cm³/mol. The molecule has 3 aromatic rings. The number of benzene rings is 3. The third-order valence-corrected chi connectivity index (χ3v) is 6.00. The summed E-state index contributed by atoms with van der Waals surface area (Å²) in [4.78, 5) is 14.7. The second kappa shape index (κ2) is 11.9. The molecular weight excluding hydrogens is 469 g/mol. The molecule has 0 aliphatic rings. The highest BCUT2D eigenvalue weighted by Gasteiger charge is 2.30. The number of hydrogen-bond acceptors (Lipinski definition) is 4. The van der Waals surface area contributed by atoms with Gasteiger partial charge in [-0.25, -0.2) is 0 Å². The number of rotatable bonds is 10. The summed E-state index contributed by atoms with van der Waals surface area (Å²) in [5, 5.41) is 3.49. The third-order valence-electron chi connectivity index (χ3n) is 6.00. The molecule has 0 saturated carbocycles. The van der Waals surface area contributed by atoms with Crippen molar-refractivity contribution in [2.24, 2.45) is 0 Å². The maximum absolute atomic E-state index is 13.2. The summed E-state index contributed by atoms with van der Waals surface area (Å²) in [7, 11) is 6.51. The molecule has 3 rings (SSSR count). The van der Waals surface area contributed by atoms with Gasteiger partial charge >= 0.3 is 6.18 Å². The first-order valence-electron chi connectivity index (χ1n) is 11.5. The lowest BCUT2D eigenvalue weighted by molar-refractivity contribution is -0.137. The van der Waals surface area contributed by atoms with Crippen LogP contribution in [0.1, 0.15) is 40.8 Å². The fourth-order valence-corrected chi connectivity index (χ4v) is 4.00. The number of halogens is 3. The zero-order valence-corrected chi connectivity index (χ0v) is 20.8. The van der Waals surface area contributed by atoms with E-state index in [2.05, 4.69) is 5.32 Å². The molecule has 0 bridgehead atoms. The van der Waals surface area contributed by atoms with E-state index in [4.69, 9.17) is 9.47 Å². The zero-order chi connectivity index (χ0) is 26.3. The van der Waals surface area contributed by atoms with Gasteiger partial charge < -0.3 is 14.4 Å². The molecule has 36 heavy (non-hydrogen) atoms. The predicted octanol–water partition coefficient (Wildman–Crippen LogP) is 5.82. The number of aryl methyl sites for hydroxylation is 1. The van der Waals surface area contributed by atoms with Gasteiger partial charge in [0.25, 0.3) is 0 Å². The van der Waals surface area contributed by atoms with Crippen molar-refractivity contribution in [1.82, 2.24) is 10.2 Å². The lowest BCUT2D eigenvalue weighted by Crippen LogP contribution is -2.39. The van der Waals surface area contributed by atoms with Crippen molar-refractivity contribution in [3.8, 4) is 11.5 Å². The first kappa shape index (κ1) is 27.1. The van der Waals surface area contributed by atoms with E-state index in [1.807, 2.05) is 42.5 Å². The number of amides is 1. The lowest BCUT2D eigenvalue weighted by Gasteiger charge is -2.28. The molecule has 0 saturated heterocycles. The Labute approximate surface area is 209 Å². The van der Waals surface area contributed by atoms with Gasteiger partial charge in [-0.05, 0) is 53.8 Å². The standard InChI is InChI=1S/C28H31F3N2O3/c1-33(2)27(34)26(20-8-6-5-7-9-20)32-23(21-13-17-24(35-3)25(18-21)36-4)16-12-19-10-14-22(15-11-19)28(29,30)31/h5-11,13-15,17-18,23,26,32H,12,16H2,1-4H3/t23?,26-/m1/s1. The van der Waals surface area contributed by atoms with E-state index < -0.39 is 17.8 Å². The van der Waals surface area contributed by atoms with Crippen molar-refractivity contribution in [1.29, 1.82) is 0 Å². The van der Waals surface area contributed by atoms with Crippen molar-refractivity contribution in [3.05, 3.63) is 95.1 Å². The minimum Gasteiger partial charge on any atom is -0.493 e. The fraction of sp³-hybridized carbons (Fsp3) is 0.321. The van der Waals surface area contributed by atoms with E-state index in [0.717, 1.165) is 28.8 Å². The van der Waals surface area contributed by atoms with Crippen molar-refractivity contribution in [3.63, 3.8) is 0 Å². The average molecular weight is 501 g/mol. The molecule has 0 spiro atoms. The molecule has 0 aromatic heterocycles. The summed E-state index contributed by atoms with van der Waals surface area (Å²) < 4.78 is 49.7. The third kappa shape index (κ3) is 6.79. The van der Waals surface area contributed by atoms with E-state index in [9.17, 15) is 18.0 Å². The van der Waals surface area contributed by atoms with Crippen LogP contribution in [0.4, 0.5) is 13.2 Å². The second-order valence-corrected chi connectivity index (χ2v) is 8.64. The maximum atomic E-state index is 13.2.